The summed E-state index contributed by atoms with van der Waals surface area (Å²) in [6, 6.07) is 2.75. The van der Waals surface area contributed by atoms with Gasteiger partial charge in [-0.05, 0) is 30.0 Å². The molecule has 2 aromatic heterocycles. The molecule has 2 aliphatic heterocycles. The van der Waals surface area contributed by atoms with Gasteiger partial charge < -0.3 is 25.6 Å². The molecule has 0 aliphatic carbocycles. The zero-order valence-electron chi connectivity index (χ0n) is 18.5. The number of amides is 2. The quantitative estimate of drug-likeness (QED) is 0.499. The Hall–Kier alpha value is -3.99. The first-order chi connectivity index (χ1) is 16.3. The van der Waals surface area contributed by atoms with Gasteiger partial charge in [-0.25, -0.2) is 19.2 Å². The Balaban J connectivity index is 1.65. The van der Waals surface area contributed by atoms with Crippen LogP contribution >= 0.6 is 0 Å². The van der Waals surface area contributed by atoms with Gasteiger partial charge in [-0.15, -0.1) is 0 Å². The van der Waals surface area contributed by atoms with E-state index in [9.17, 15) is 14.7 Å². The number of carbonyl (C=O) groups is 2. The number of rotatable bonds is 3. The van der Waals surface area contributed by atoms with E-state index < -0.39 is 18.0 Å². The summed E-state index contributed by atoms with van der Waals surface area (Å²) in [7, 11) is 0. The first-order valence-electron chi connectivity index (χ1n) is 10.7. The Bertz CT molecular complexity index is 1350. The third-order valence-electron chi connectivity index (χ3n) is 6.29. The monoisotopic (exact) mass is 467 g/mol. The van der Waals surface area contributed by atoms with Gasteiger partial charge in [0.1, 0.15) is 11.5 Å². The van der Waals surface area contributed by atoms with E-state index in [0.717, 1.165) is 0 Å². The van der Waals surface area contributed by atoms with Crippen molar-refractivity contribution in [2.75, 3.05) is 35.8 Å². The second-order valence-electron chi connectivity index (χ2n) is 8.46. The van der Waals surface area contributed by atoms with Crippen molar-refractivity contribution < 1.29 is 28.6 Å². The minimum Gasteiger partial charge on any atom is -0.466 e. The fourth-order valence-corrected chi connectivity index (χ4v) is 4.42. The number of hydrogen-bond donors (Lipinski definition) is 3. The second kappa shape index (κ2) is 8.10. The molecule has 10 nitrogen and oxygen atoms in total. The molecule has 34 heavy (non-hydrogen) atoms. The van der Waals surface area contributed by atoms with Crippen LogP contribution in [-0.4, -0.2) is 52.9 Å². The van der Waals surface area contributed by atoms with E-state index in [1.807, 2.05) is 6.92 Å². The Labute approximate surface area is 193 Å². The lowest BCUT2D eigenvalue weighted by atomic mass is 9.97. The summed E-state index contributed by atoms with van der Waals surface area (Å²) in [5.41, 5.74) is 7.51. The molecule has 0 bridgehead atoms. The van der Waals surface area contributed by atoms with E-state index in [2.05, 4.69) is 15.3 Å². The zero-order valence-corrected chi connectivity index (χ0v) is 18.5. The van der Waals surface area contributed by atoms with Crippen molar-refractivity contribution in [2.24, 2.45) is 5.92 Å². The normalized spacial score (nSPS) is 19.4. The van der Waals surface area contributed by atoms with Gasteiger partial charge in [0.2, 0.25) is 5.88 Å². The molecule has 1 fully saturated rings. The number of carbonyl (C=O) groups excluding carboxylic acids is 1. The maximum atomic E-state index is 15.4. The van der Waals surface area contributed by atoms with Gasteiger partial charge in [-0.3, -0.25) is 9.69 Å². The molecule has 1 saturated heterocycles. The molecule has 3 aromatic rings. The minimum atomic E-state index is -1.16. The van der Waals surface area contributed by atoms with Crippen LogP contribution in [0.5, 0.6) is 5.88 Å². The lowest BCUT2D eigenvalue weighted by Crippen LogP contribution is -2.43. The van der Waals surface area contributed by atoms with E-state index in [1.54, 1.807) is 19.1 Å². The molecular formula is C23H22FN5O5. The number of halogens is 1. The van der Waals surface area contributed by atoms with Gasteiger partial charge in [0.15, 0.2) is 12.4 Å². The molecule has 2 aliphatic rings. The molecule has 0 saturated carbocycles. The SMILES string of the molecule is Cc1c(-c2cc3cc(N(C(=O)O)C4COCC4C)ncc3c(N)c2F)cnc2c1NC(=O)CO2. The number of nitrogens with one attached hydrogen (secondary N) is 1. The summed E-state index contributed by atoms with van der Waals surface area (Å²) in [6.07, 6.45) is 1.67. The Morgan fingerprint density at radius 1 is 1.26 bits per heavy atom. The average Bonchev–Trinajstić information content (AvgIpc) is 3.22. The van der Waals surface area contributed by atoms with E-state index in [4.69, 9.17) is 15.2 Å². The van der Waals surface area contributed by atoms with Crippen molar-refractivity contribution in [2.45, 2.75) is 19.9 Å². The zero-order chi connectivity index (χ0) is 24.1. The molecule has 2 amide bonds. The van der Waals surface area contributed by atoms with E-state index >= 15 is 4.39 Å². The van der Waals surface area contributed by atoms with Crippen molar-refractivity contribution in [3.8, 4) is 17.0 Å². The third kappa shape index (κ3) is 3.45. The topological polar surface area (TPSA) is 140 Å². The van der Waals surface area contributed by atoms with E-state index in [0.29, 0.717) is 34.2 Å². The number of fused-ring (bicyclic) bond motifs is 2. The summed E-state index contributed by atoms with van der Waals surface area (Å²) in [4.78, 5) is 33.5. The molecule has 5 rings (SSSR count). The van der Waals surface area contributed by atoms with Gasteiger partial charge in [-0.1, -0.05) is 6.92 Å². The largest absolute Gasteiger partial charge is 0.466 e. The molecule has 2 atom stereocenters. The summed E-state index contributed by atoms with van der Waals surface area (Å²) in [5, 5.41) is 13.4. The molecule has 4 N–H and O–H groups in total. The number of carboxylic acid groups (broad SMARTS) is 1. The summed E-state index contributed by atoms with van der Waals surface area (Å²) < 4.78 is 26.1. The van der Waals surface area contributed by atoms with E-state index in [-0.39, 0.29) is 48.0 Å². The van der Waals surface area contributed by atoms with Crippen LogP contribution in [0.1, 0.15) is 12.5 Å². The molecule has 11 heteroatoms. The van der Waals surface area contributed by atoms with Gasteiger partial charge >= 0.3 is 6.09 Å². The maximum Gasteiger partial charge on any atom is 0.413 e. The molecule has 4 heterocycles. The van der Waals surface area contributed by atoms with Crippen LogP contribution < -0.4 is 20.7 Å². The first kappa shape index (κ1) is 21.8. The molecule has 2 unspecified atom stereocenters. The lowest BCUT2D eigenvalue weighted by Gasteiger charge is -2.27. The number of anilines is 3. The van der Waals surface area contributed by atoms with Crippen LogP contribution in [0.25, 0.3) is 21.9 Å². The molecule has 0 spiro atoms. The van der Waals surface area contributed by atoms with Crippen LogP contribution in [0.4, 0.5) is 26.4 Å². The number of hydrogen-bond acceptors (Lipinski definition) is 7. The number of nitrogens with two attached hydrogens (primary N) is 1. The van der Waals surface area contributed by atoms with Gasteiger partial charge in [0, 0.05) is 34.8 Å². The van der Waals surface area contributed by atoms with Crippen molar-refractivity contribution >= 4 is 40.0 Å². The van der Waals surface area contributed by atoms with Gasteiger partial charge in [-0.2, -0.15) is 0 Å². The minimum absolute atomic E-state index is 0.0101. The molecule has 176 valence electrons. The Morgan fingerprint density at radius 3 is 2.76 bits per heavy atom. The molecular weight excluding hydrogens is 445 g/mol. The van der Waals surface area contributed by atoms with Crippen molar-refractivity contribution in [3.63, 3.8) is 0 Å². The number of nitrogens with zero attached hydrogens (tertiary/aromatic N) is 3. The van der Waals surface area contributed by atoms with Crippen LogP contribution in [0.15, 0.2) is 24.5 Å². The predicted octanol–water partition coefficient (Wildman–Crippen LogP) is 3.18. The van der Waals surface area contributed by atoms with Crippen LogP contribution in [0.3, 0.4) is 0 Å². The standard InChI is InChI=1S/C23H22FN5O5/c1-10-7-33-8-16(10)29(23(31)32)17-4-12-3-13(19(24)20(25)15(12)6-26-17)14-5-27-22-21(11(14)2)28-18(30)9-34-22/h3-6,10,16H,7-9,25H2,1-2H3,(H,28,30)(H,31,32). The molecule has 0 radical (unpaired) electrons. The summed E-state index contributed by atoms with van der Waals surface area (Å²) >= 11 is 0. The first-order valence-corrected chi connectivity index (χ1v) is 10.7. The maximum absolute atomic E-state index is 15.4. The molecule has 1 aromatic carbocycles. The lowest BCUT2D eigenvalue weighted by molar-refractivity contribution is -0.118. The predicted molar refractivity (Wildman–Crippen MR) is 122 cm³/mol. The van der Waals surface area contributed by atoms with Crippen molar-refractivity contribution in [3.05, 3.63) is 35.9 Å². The summed E-state index contributed by atoms with van der Waals surface area (Å²) in [5.74, 6) is -0.554. The number of pyridine rings is 2. The van der Waals surface area contributed by atoms with Gasteiger partial charge in [0.25, 0.3) is 5.91 Å². The van der Waals surface area contributed by atoms with E-state index in [1.165, 1.54) is 17.3 Å². The Morgan fingerprint density at radius 2 is 2.06 bits per heavy atom. The summed E-state index contributed by atoms with van der Waals surface area (Å²) in [6.45, 7) is 4.20. The smallest absolute Gasteiger partial charge is 0.413 e. The number of benzene rings is 1. The second-order valence-corrected chi connectivity index (χ2v) is 8.46. The van der Waals surface area contributed by atoms with Crippen molar-refractivity contribution in [1.29, 1.82) is 0 Å². The number of aromatic nitrogens is 2. The fraction of sp³-hybridized carbons (Fsp3) is 0.304. The average molecular weight is 467 g/mol. The van der Waals surface area contributed by atoms with Crippen LogP contribution in [0.2, 0.25) is 0 Å². The highest BCUT2D eigenvalue weighted by atomic mass is 19.1. The van der Waals surface area contributed by atoms with Gasteiger partial charge in [0.05, 0.1) is 24.9 Å². The Kier molecular flexibility index (Phi) is 5.20. The van der Waals surface area contributed by atoms with Crippen molar-refractivity contribution in [1.82, 2.24) is 9.97 Å². The highest BCUT2D eigenvalue weighted by Gasteiger charge is 2.35. The fourth-order valence-electron chi connectivity index (χ4n) is 4.42. The highest BCUT2D eigenvalue weighted by Crippen LogP contribution is 2.40. The highest BCUT2D eigenvalue weighted by molar-refractivity contribution is 6.01. The number of nitrogen functional groups attached to an aromatic ring is 1. The number of ether oxygens (including phenoxy) is 2. The third-order valence-corrected chi connectivity index (χ3v) is 6.29. The van der Waals surface area contributed by atoms with Crippen LogP contribution in [-0.2, 0) is 9.53 Å². The van der Waals surface area contributed by atoms with Crippen LogP contribution in [0, 0.1) is 18.7 Å².